The summed E-state index contributed by atoms with van der Waals surface area (Å²) in [4.78, 5) is 18.3. The highest BCUT2D eigenvalue weighted by atomic mass is 79.9. The van der Waals surface area contributed by atoms with Gasteiger partial charge in [0.25, 0.3) is 5.69 Å². The zero-order chi connectivity index (χ0) is 15.6. The number of rotatable bonds is 4. The molecule has 8 nitrogen and oxygen atoms in total. The number of non-ortho nitro benzene ring substituents is 1. The van der Waals surface area contributed by atoms with E-state index >= 15 is 0 Å². The number of hydrogen-bond donors (Lipinski definition) is 2. The van der Waals surface area contributed by atoms with Gasteiger partial charge in [-0.1, -0.05) is 0 Å². The van der Waals surface area contributed by atoms with Gasteiger partial charge in [-0.15, -0.1) is 0 Å². The van der Waals surface area contributed by atoms with Crippen LogP contribution >= 0.6 is 15.9 Å². The molecule has 21 heavy (non-hydrogen) atoms. The average molecular weight is 352 g/mol. The lowest BCUT2D eigenvalue weighted by Gasteiger charge is -2.08. The lowest BCUT2D eigenvalue weighted by Crippen LogP contribution is -2.14. The second kappa shape index (κ2) is 5.83. The first kappa shape index (κ1) is 14.9. The third kappa shape index (κ3) is 3.51. The zero-order valence-corrected chi connectivity index (χ0v) is 12.4. The number of hydrogen-bond acceptors (Lipinski definition) is 6. The van der Waals surface area contributed by atoms with E-state index in [4.69, 9.17) is 15.9 Å². The molecule has 0 atom stereocenters. The van der Waals surface area contributed by atoms with Crippen molar-refractivity contribution in [3.63, 3.8) is 0 Å². The summed E-state index contributed by atoms with van der Waals surface area (Å²) < 4.78 is 5.96. The van der Waals surface area contributed by atoms with Gasteiger partial charge in [0.1, 0.15) is 11.5 Å². The number of halogens is 1. The van der Waals surface area contributed by atoms with E-state index in [-0.39, 0.29) is 29.0 Å². The third-order valence-corrected chi connectivity index (χ3v) is 3.09. The summed E-state index contributed by atoms with van der Waals surface area (Å²) in [6.07, 6.45) is 0. The summed E-state index contributed by atoms with van der Waals surface area (Å²) in [5, 5.41) is 18.1. The van der Waals surface area contributed by atoms with Crippen LogP contribution in [0.3, 0.4) is 0 Å². The summed E-state index contributed by atoms with van der Waals surface area (Å²) in [5.41, 5.74) is 6.04. The number of aromatic nitrogens is 2. The van der Waals surface area contributed by atoms with Crippen molar-refractivity contribution in [1.29, 1.82) is 5.41 Å². The summed E-state index contributed by atoms with van der Waals surface area (Å²) >= 11 is 3.23. The fraction of sp³-hybridized carbons (Fsp3) is 0.0833. The van der Waals surface area contributed by atoms with Gasteiger partial charge in [-0.25, -0.2) is 4.98 Å². The van der Waals surface area contributed by atoms with E-state index in [2.05, 4.69) is 25.9 Å². The summed E-state index contributed by atoms with van der Waals surface area (Å²) in [5.74, 6) is -0.0206. The maximum absolute atomic E-state index is 10.8. The highest BCUT2D eigenvalue weighted by molar-refractivity contribution is 9.10. The molecule has 0 spiro atoms. The van der Waals surface area contributed by atoms with E-state index in [1.165, 1.54) is 24.3 Å². The van der Waals surface area contributed by atoms with Crippen LogP contribution in [0.25, 0.3) is 0 Å². The van der Waals surface area contributed by atoms with Gasteiger partial charge in [0.2, 0.25) is 0 Å². The van der Waals surface area contributed by atoms with Crippen molar-refractivity contribution in [2.75, 3.05) is 0 Å². The van der Waals surface area contributed by atoms with E-state index < -0.39 is 4.92 Å². The van der Waals surface area contributed by atoms with Crippen LogP contribution in [0, 0.1) is 22.4 Å². The summed E-state index contributed by atoms with van der Waals surface area (Å²) in [6, 6.07) is 5.59. The fourth-order valence-corrected chi connectivity index (χ4v) is 1.83. The monoisotopic (exact) mass is 351 g/mol. The molecule has 9 heteroatoms. The van der Waals surface area contributed by atoms with Crippen LogP contribution in [0.4, 0.5) is 5.69 Å². The number of ether oxygens (including phenoxy) is 1. The molecule has 2 aromatic rings. The second-order valence-corrected chi connectivity index (χ2v) is 4.92. The number of amidine groups is 1. The van der Waals surface area contributed by atoms with Crippen LogP contribution in [0.2, 0.25) is 0 Å². The van der Waals surface area contributed by atoms with Gasteiger partial charge in [-0.05, 0) is 35.0 Å². The number of benzene rings is 1. The smallest absolute Gasteiger partial charge is 0.322 e. The van der Waals surface area contributed by atoms with Gasteiger partial charge in [0, 0.05) is 11.8 Å². The van der Waals surface area contributed by atoms with Gasteiger partial charge < -0.3 is 10.5 Å². The molecule has 0 saturated carbocycles. The molecule has 1 aromatic heterocycles. The molecule has 0 aliphatic carbocycles. The van der Waals surface area contributed by atoms with Crippen LogP contribution in [-0.4, -0.2) is 20.7 Å². The maximum Gasteiger partial charge on any atom is 0.322 e. The van der Waals surface area contributed by atoms with Crippen LogP contribution in [-0.2, 0) is 0 Å². The predicted octanol–water partition coefficient (Wildman–Crippen LogP) is 2.53. The molecule has 0 amide bonds. The molecule has 0 radical (unpaired) electrons. The number of nitro groups is 1. The molecule has 0 unspecified atom stereocenters. The average Bonchev–Trinajstić information content (AvgIpc) is 2.40. The van der Waals surface area contributed by atoms with Gasteiger partial charge >= 0.3 is 6.01 Å². The molecule has 108 valence electrons. The van der Waals surface area contributed by atoms with Crippen molar-refractivity contribution < 1.29 is 9.66 Å². The standard InChI is InChI=1S/C12H10BrN5O3/c1-6-4-9(11(14)15)17-12(16-6)21-10-5-7(18(19)20)2-3-8(10)13/h2-5H,1H3,(H3,14,15). The highest BCUT2D eigenvalue weighted by Gasteiger charge is 2.13. The van der Waals surface area contributed by atoms with Crippen molar-refractivity contribution >= 4 is 27.5 Å². The van der Waals surface area contributed by atoms with Crippen LogP contribution < -0.4 is 10.5 Å². The Labute approximate surface area is 127 Å². The quantitative estimate of drug-likeness (QED) is 0.377. The Morgan fingerprint density at radius 2 is 2.14 bits per heavy atom. The van der Waals surface area contributed by atoms with Gasteiger partial charge in [-0.2, -0.15) is 4.98 Å². The highest BCUT2D eigenvalue weighted by Crippen LogP contribution is 2.31. The van der Waals surface area contributed by atoms with Gasteiger partial charge in [-0.3, -0.25) is 15.5 Å². The topological polar surface area (TPSA) is 128 Å². The summed E-state index contributed by atoms with van der Waals surface area (Å²) in [7, 11) is 0. The maximum atomic E-state index is 10.8. The van der Waals surface area contributed by atoms with E-state index in [1.807, 2.05) is 0 Å². The number of nitrogens with one attached hydrogen (secondary N) is 1. The first-order valence-electron chi connectivity index (χ1n) is 5.68. The van der Waals surface area contributed by atoms with Gasteiger partial charge in [0.15, 0.2) is 5.75 Å². The van der Waals surface area contributed by atoms with Crippen molar-refractivity contribution in [2.24, 2.45) is 5.73 Å². The number of nitrogens with two attached hydrogens (primary N) is 1. The molecule has 0 aliphatic heterocycles. The van der Waals surface area contributed by atoms with E-state index in [0.717, 1.165) is 0 Å². The largest absolute Gasteiger partial charge is 0.423 e. The Hall–Kier alpha value is -2.55. The minimum atomic E-state index is -0.530. The lowest BCUT2D eigenvalue weighted by atomic mass is 10.3. The molecule has 0 aliphatic rings. The lowest BCUT2D eigenvalue weighted by molar-refractivity contribution is -0.384. The van der Waals surface area contributed by atoms with E-state index in [0.29, 0.717) is 10.2 Å². The second-order valence-electron chi connectivity index (χ2n) is 4.06. The summed E-state index contributed by atoms with van der Waals surface area (Å²) in [6.45, 7) is 1.70. The molecule has 1 aromatic carbocycles. The Morgan fingerprint density at radius 1 is 1.43 bits per heavy atom. The fourth-order valence-electron chi connectivity index (χ4n) is 1.51. The van der Waals surface area contributed by atoms with Crippen molar-refractivity contribution in [2.45, 2.75) is 6.92 Å². The van der Waals surface area contributed by atoms with Crippen molar-refractivity contribution in [3.05, 3.63) is 50.2 Å². The minimum Gasteiger partial charge on any atom is -0.423 e. The van der Waals surface area contributed by atoms with E-state index in [1.54, 1.807) is 6.92 Å². The normalized spacial score (nSPS) is 10.2. The molecule has 2 rings (SSSR count). The molecule has 3 N–H and O–H groups in total. The molecule has 0 saturated heterocycles. The van der Waals surface area contributed by atoms with Gasteiger partial charge in [0.05, 0.1) is 15.5 Å². The Bertz CT molecular complexity index is 735. The number of aryl methyl sites for hydroxylation is 1. The zero-order valence-electron chi connectivity index (χ0n) is 10.8. The van der Waals surface area contributed by atoms with Crippen LogP contribution in [0.1, 0.15) is 11.4 Å². The van der Waals surface area contributed by atoms with Crippen LogP contribution in [0.15, 0.2) is 28.7 Å². The Morgan fingerprint density at radius 3 is 2.76 bits per heavy atom. The number of nitrogens with zero attached hydrogens (tertiary/aromatic N) is 3. The first-order chi connectivity index (χ1) is 9.86. The molecule has 0 fully saturated rings. The third-order valence-electron chi connectivity index (χ3n) is 2.44. The molecule has 1 heterocycles. The van der Waals surface area contributed by atoms with Crippen LogP contribution in [0.5, 0.6) is 11.8 Å². The first-order valence-corrected chi connectivity index (χ1v) is 6.48. The number of nitrogen functional groups attached to an aromatic ring is 1. The van der Waals surface area contributed by atoms with Crippen molar-refractivity contribution in [1.82, 2.24) is 9.97 Å². The molecule has 0 bridgehead atoms. The predicted molar refractivity (Wildman–Crippen MR) is 78.7 cm³/mol. The van der Waals surface area contributed by atoms with E-state index in [9.17, 15) is 10.1 Å². The SMILES string of the molecule is Cc1cc(C(=N)N)nc(Oc2cc([N+](=O)[O-])ccc2Br)n1. The number of nitro benzene ring substituents is 1. The minimum absolute atomic E-state index is 0.0404. The Kier molecular flexibility index (Phi) is 4.13. The molecular weight excluding hydrogens is 342 g/mol. The Balaban J connectivity index is 2.40. The van der Waals surface area contributed by atoms with Crippen molar-refractivity contribution in [3.8, 4) is 11.8 Å². The molecular formula is C12H10BrN5O3.